The van der Waals surface area contributed by atoms with Gasteiger partial charge in [0.25, 0.3) is 0 Å². The fraction of sp³-hybridized carbons (Fsp3) is 0.529. The predicted molar refractivity (Wildman–Crippen MR) is 86.6 cm³/mol. The second-order valence-corrected chi connectivity index (χ2v) is 6.85. The number of carboxylic acids is 1. The number of ether oxygens (including phenoxy) is 1. The number of aliphatic hydroxyl groups excluding tert-OH is 1. The molecular formula is C17H20N4O4. The van der Waals surface area contributed by atoms with E-state index >= 15 is 0 Å². The Morgan fingerprint density at radius 2 is 2.16 bits per heavy atom. The first-order chi connectivity index (χ1) is 12.0. The summed E-state index contributed by atoms with van der Waals surface area (Å²) in [5.41, 5.74) is 2.49. The van der Waals surface area contributed by atoms with Crippen molar-refractivity contribution < 1.29 is 19.7 Å². The highest BCUT2D eigenvalue weighted by atomic mass is 16.5. The van der Waals surface area contributed by atoms with Gasteiger partial charge in [0.15, 0.2) is 0 Å². The first kappa shape index (κ1) is 16.0. The normalized spacial score (nSPS) is 27.2. The molecule has 0 aliphatic heterocycles. The Labute approximate surface area is 144 Å². The molecule has 0 unspecified atom stereocenters. The lowest BCUT2D eigenvalue weighted by molar-refractivity contribution is -0.142. The van der Waals surface area contributed by atoms with Gasteiger partial charge in [-0.05, 0) is 43.7 Å². The summed E-state index contributed by atoms with van der Waals surface area (Å²) in [7, 11) is 1.72. The van der Waals surface area contributed by atoms with E-state index in [1.54, 1.807) is 13.1 Å². The summed E-state index contributed by atoms with van der Waals surface area (Å²) in [6, 6.07) is 3.62. The van der Waals surface area contributed by atoms with Crippen molar-refractivity contribution >= 4 is 5.97 Å². The molecule has 0 bridgehead atoms. The highest BCUT2D eigenvalue weighted by Gasteiger charge is 2.58. The first-order valence-electron chi connectivity index (χ1n) is 8.36. The molecule has 4 atom stereocenters. The molecule has 8 heteroatoms. The van der Waals surface area contributed by atoms with Crippen LogP contribution in [0.3, 0.4) is 0 Å². The molecule has 2 saturated carbocycles. The minimum atomic E-state index is -0.719. The van der Waals surface area contributed by atoms with E-state index in [1.165, 1.54) is 4.68 Å². The highest BCUT2D eigenvalue weighted by molar-refractivity contribution is 5.71. The van der Waals surface area contributed by atoms with Crippen molar-refractivity contribution in [2.75, 3.05) is 0 Å². The average molecular weight is 344 g/mol. The van der Waals surface area contributed by atoms with Crippen LogP contribution in [-0.2, 0) is 18.4 Å². The molecule has 2 aliphatic carbocycles. The summed E-state index contributed by atoms with van der Waals surface area (Å²) in [6.07, 6.45) is 1.44. The predicted octanol–water partition coefficient (Wildman–Crippen LogP) is 1.17. The number of nitrogens with zero attached hydrogens (tertiary/aromatic N) is 4. The number of hydrogen-bond donors (Lipinski definition) is 2. The molecule has 2 N–H and O–H groups in total. The largest absolute Gasteiger partial charge is 0.488 e. The van der Waals surface area contributed by atoms with Crippen LogP contribution in [-0.4, -0.2) is 42.3 Å². The second-order valence-electron chi connectivity index (χ2n) is 6.85. The van der Waals surface area contributed by atoms with Crippen LogP contribution < -0.4 is 4.74 Å². The van der Waals surface area contributed by atoms with E-state index in [0.717, 1.165) is 6.42 Å². The van der Waals surface area contributed by atoms with Crippen molar-refractivity contribution in [1.82, 2.24) is 20.0 Å². The molecule has 8 nitrogen and oxygen atoms in total. The minimum absolute atomic E-state index is 0.0537. The number of aliphatic hydroxyl groups is 1. The summed E-state index contributed by atoms with van der Waals surface area (Å²) < 4.78 is 7.60. The molecule has 0 aromatic carbocycles. The molecule has 0 radical (unpaired) electrons. The van der Waals surface area contributed by atoms with Crippen molar-refractivity contribution in [2.45, 2.75) is 32.5 Å². The quantitative estimate of drug-likeness (QED) is 0.837. The Kier molecular flexibility index (Phi) is 3.72. The van der Waals surface area contributed by atoms with Gasteiger partial charge < -0.3 is 14.9 Å². The summed E-state index contributed by atoms with van der Waals surface area (Å²) in [4.78, 5) is 15.8. The molecule has 4 rings (SSSR count). The van der Waals surface area contributed by atoms with Crippen LogP contribution in [0.25, 0.3) is 11.4 Å². The molecule has 0 saturated heterocycles. The van der Waals surface area contributed by atoms with Crippen LogP contribution in [0.4, 0.5) is 0 Å². The standard InChI is InChI=1S/C17H20N4O4/c1-8-14(25-15-6-11(17(23)24)9-5-10(9)15)4-3-12(18-8)16-13(7-22)21(2)20-19-16/h3-4,9-11,15,22H,5-7H2,1-2H3,(H,23,24)/t9-,10+,11+,15+/m1/s1. The zero-order chi connectivity index (χ0) is 17.7. The van der Waals surface area contributed by atoms with E-state index < -0.39 is 5.97 Å². The van der Waals surface area contributed by atoms with Crippen molar-refractivity contribution in [2.24, 2.45) is 24.8 Å². The fourth-order valence-corrected chi connectivity index (χ4v) is 3.87. The average Bonchev–Trinajstić information content (AvgIpc) is 3.15. The Balaban J connectivity index is 1.54. The SMILES string of the molecule is Cc1nc(-c2nnn(C)c2CO)ccc1O[C@H]1C[C@H](C(=O)O)[C@@H]2C[C@@H]21. The van der Waals surface area contributed by atoms with Gasteiger partial charge in [-0.3, -0.25) is 4.79 Å². The van der Waals surface area contributed by atoms with Crippen LogP contribution in [0.1, 0.15) is 24.2 Å². The topological polar surface area (TPSA) is 110 Å². The lowest BCUT2D eigenvalue weighted by atomic mass is 10.0. The van der Waals surface area contributed by atoms with Gasteiger partial charge in [-0.15, -0.1) is 5.10 Å². The summed E-state index contributed by atoms with van der Waals surface area (Å²) in [5.74, 6) is 0.278. The smallest absolute Gasteiger partial charge is 0.306 e. The maximum atomic E-state index is 11.3. The van der Waals surface area contributed by atoms with Crippen molar-refractivity contribution in [3.8, 4) is 17.1 Å². The maximum Gasteiger partial charge on any atom is 0.306 e. The molecule has 2 aliphatic rings. The number of carboxylic acid groups (broad SMARTS) is 1. The molecule has 132 valence electrons. The van der Waals surface area contributed by atoms with Gasteiger partial charge in [0, 0.05) is 7.05 Å². The Morgan fingerprint density at radius 1 is 1.36 bits per heavy atom. The zero-order valence-corrected chi connectivity index (χ0v) is 14.1. The Hall–Kier alpha value is -2.48. The van der Waals surface area contributed by atoms with Crippen molar-refractivity contribution in [3.05, 3.63) is 23.5 Å². The third-order valence-electron chi connectivity index (χ3n) is 5.34. The summed E-state index contributed by atoms with van der Waals surface area (Å²) in [6.45, 7) is 1.68. The number of aromatic nitrogens is 4. The number of hydrogen-bond acceptors (Lipinski definition) is 6. The maximum absolute atomic E-state index is 11.3. The Bertz CT molecular complexity index is 834. The van der Waals surface area contributed by atoms with E-state index in [-0.39, 0.29) is 24.5 Å². The molecule has 2 aromatic heterocycles. The van der Waals surface area contributed by atoms with Crippen LogP contribution in [0.15, 0.2) is 12.1 Å². The van der Waals surface area contributed by atoms with Gasteiger partial charge in [-0.1, -0.05) is 5.21 Å². The van der Waals surface area contributed by atoms with Crippen LogP contribution >= 0.6 is 0 Å². The summed E-state index contributed by atoms with van der Waals surface area (Å²) in [5, 5.41) is 26.7. The third kappa shape index (κ3) is 2.66. The van der Waals surface area contributed by atoms with E-state index in [4.69, 9.17) is 4.74 Å². The van der Waals surface area contributed by atoms with Gasteiger partial charge in [-0.25, -0.2) is 9.67 Å². The third-order valence-corrected chi connectivity index (χ3v) is 5.34. The number of carbonyl (C=O) groups is 1. The molecule has 2 aromatic rings. The molecule has 2 fully saturated rings. The number of aliphatic carboxylic acids is 1. The van der Waals surface area contributed by atoms with E-state index in [9.17, 15) is 15.0 Å². The van der Waals surface area contributed by atoms with Crippen LogP contribution in [0, 0.1) is 24.7 Å². The van der Waals surface area contributed by atoms with Gasteiger partial charge >= 0.3 is 5.97 Å². The van der Waals surface area contributed by atoms with E-state index in [0.29, 0.717) is 40.9 Å². The van der Waals surface area contributed by atoms with Gasteiger partial charge in [0.1, 0.15) is 17.5 Å². The minimum Gasteiger partial charge on any atom is -0.488 e. The van der Waals surface area contributed by atoms with Gasteiger partial charge in [-0.2, -0.15) is 0 Å². The molecule has 25 heavy (non-hydrogen) atoms. The molecule has 2 heterocycles. The van der Waals surface area contributed by atoms with Crippen molar-refractivity contribution in [1.29, 1.82) is 0 Å². The van der Waals surface area contributed by atoms with Crippen molar-refractivity contribution in [3.63, 3.8) is 0 Å². The first-order valence-corrected chi connectivity index (χ1v) is 8.36. The zero-order valence-electron chi connectivity index (χ0n) is 14.1. The van der Waals surface area contributed by atoms with Crippen LogP contribution in [0.5, 0.6) is 5.75 Å². The van der Waals surface area contributed by atoms with Gasteiger partial charge in [0.05, 0.1) is 29.6 Å². The summed E-state index contributed by atoms with van der Waals surface area (Å²) >= 11 is 0. The van der Waals surface area contributed by atoms with E-state index in [1.807, 2.05) is 13.0 Å². The number of pyridine rings is 1. The lowest BCUT2D eigenvalue weighted by Crippen LogP contribution is -2.21. The highest BCUT2D eigenvalue weighted by Crippen LogP contribution is 2.56. The monoisotopic (exact) mass is 344 g/mol. The molecular weight excluding hydrogens is 324 g/mol. The Morgan fingerprint density at radius 3 is 2.80 bits per heavy atom. The fourth-order valence-electron chi connectivity index (χ4n) is 3.87. The lowest BCUT2D eigenvalue weighted by Gasteiger charge is -2.18. The second kappa shape index (κ2) is 5.80. The van der Waals surface area contributed by atoms with E-state index in [2.05, 4.69) is 15.3 Å². The molecule has 0 amide bonds. The van der Waals surface area contributed by atoms with Gasteiger partial charge in [0.2, 0.25) is 0 Å². The number of fused-ring (bicyclic) bond motifs is 1. The van der Waals surface area contributed by atoms with Crippen LogP contribution in [0.2, 0.25) is 0 Å². The number of aryl methyl sites for hydroxylation is 2. The molecule has 0 spiro atoms. The number of rotatable bonds is 5.